The van der Waals surface area contributed by atoms with Crippen molar-refractivity contribution in [3.05, 3.63) is 52.4 Å². The van der Waals surface area contributed by atoms with E-state index in [0.717, 1.165) is 17.5 Å². The summed E-state index contributed by atoms with van der Waals surface area (Å²) in [5.74, 6) is 0.216. The molecule has 0 fully saturated rings. The van der Waals surface area contributed by atoms with Crippen molar-refractivity contribution in [1.82, 2.24) is 10.0 Å². The first kappa shape index (κ1) is 23.8. The van der Waals surface area contributed by atoms with Crippen LogP contribution in [0.25, 0.3) is 10.1 Å². The Morgan fingerprint density at radius 1 is 1.12 bits per heavy atom. The van der Waals surface area contributed by atoms with Gasteiger partial charge in [0, 0.05) is 22.3 Å². The van der Waals surface area contributed by atoms with Gasteiger partial charge in [-0.15, -0.1) is 11.3 Å². The molecule has 3 N–H and O–H groups in total. The average Bonchev–Trinajstić information content (AvgIpc) is 3.10. The van der Waals surface area contributed by atoms with Crippen molar-refractivity contribution in [2.24, 2.45) is 0 Å². The lowest BCUT2D eigenvalue weighted by Gasteiger charge is -2.09. The minimum absolute atomic E-state index is 0.104. The summed E-state index contributed by atoms with van der Waals surface area (Å²) in [6, 6.07) is 10.1. The molecule has 2 aromatic carbocycles. The van der Waals surface area contributed by atoms with Gasteiger partial charge in [-0.1, -0.05) is 24.9 Å². The Balaban J connectivity index is 1.70. The number of rotatable bonds is 8. The van der Waals surface area contributed by atoms with E-state index in [1.807, 2.05) is 17.7 Å². The van der Waals surface area contributed by atoms with E-state index in [2.05, 4.69) is 10.6 Å². The summed E-state index contributed by atoms with van der Waals surface area (Å²) in [7, 11) is -2.48. The molecule has 0 aliphatic carbocycles. The third-order valence-electron chi connectivity index (χ3n) is 4.51. The number of hydrogen-bond acceptors (Lipinski definition) is 6. The van der Waals surface area contributed by atoms with E-state index < -0.39 is 22.0 Å². The van der Waals surface area contributed by atoms with Gasteiger partial charge in [-0.3, -0.25) is 4.79 Å². The Labute approximate surface area is 195 Å². The van der Waals surface area contributed by atoms with Crippen LogP contribution in [-0.4, -0.2) is 34.0 Å². The molecule has 0 saturated carbocycles. The van der Waals surface area contributed by atoms with E-state index in [1.54, 1.807) is 19.2 Å². The van der Waals surface area contributed by atoms with Crippen molar-refractivity contribution < 1.29 is 22.7 Å². The van der Waals surface area contributed by atoms with Gasteiger partial charge in [-0.05, 0) is 48.9 Å². The number of carbonyl (C=O) groups is 2. The lowest BCUT2D eigenvalue weighted by Crippen LogP contribution is -2.39. The van der Waals surface area contributed by atoms with Crippen LogP contribution in [0.15, 0.2) is 47.4 Å². The molecule has 0 aliphatic heterocycles. The summed E-state index contributed by atoms with van der Waals surface area (Å²) >= 11 is 7.64. The molecule has 1 heterocycles. The number of hydrogen-bond donors (Lipinski definition) is 3. The molecule has 0 unspecified atom stereocenters. The zero-order valence-corrected chi connectivity index (χ0v) is 19.8. The Morgan fingerprint density at radius 2 is 1.84 bits per heavy atom. The molecule has 170 valence electrons. The number of carbonyl (C=O) groups excluding carboxylic acids is 2. The van der Waals surface area contributed by atoms with Crippen molar-refractivity contribution in [2.45, 2.75) is 24.7 Å². The molecule has 0 aliphatic rings. The van der Waals surface area contributed by atoms with Gasteiger partial charge in [0.25, 0.3) is 15.9 Å². The number of nitrogens with one attached hydrogen (secondary N) is 3. The second-order valence-electron chi connectivity index (χ2n) is 6.80. The maximum atomic E-state index is 12.7. The maximum absolute atomic E-state index is 12.7. The third-order valence-corrected chi connectivity index (χ3v) is 7.53. The van der Waals surface area contributed by atoms with Crippen LogP contribution in [0.3, 0.4) is 0 Å². The highest BCUT2D eigenvalue weighted by Gasteiger charge is 2.20. The standard InChI is InChI=1S/C21H22ClN3O5S2/c1-3-4-11-23-21(27)25-32(28,29)15-8-5-13(6-9-15)24-20(26)19-18(22)16-12-14(30-2)7-10-17(16)31-19/h5-10,12H,3-4,11H2,1-2H3,(H,24,26)(H2,23,25,27). The highest BCUT2D eigenvalue weighted by molar-refractivity contribution is 7.90. The number of anilines is 1. The summed E-state index contributed by atoms with van der Waals surface area (Å²) in [6.07, 6.45) is 1.63. The van der Waals surface area contributed by atoms with Crippen molar-refractivity contribution in [3.8, 4) is 5.75 Å². The number of urea groups is 1. The SMILES string of the molecule is CCCCNC(=O)NS(=O)(=O)c1ccc(NC(=O)c2sc3ccc(OC)cc3c2Cl)cc1. The molecule has 8 nitrogen and oxygen atoms in total. The summed E-state index contributed by atoms with van der Waals surface area (Å²) in [6.45, 7) is 2.35. The molecular formula is C21H22ClN3O5S2. The predicted octanol–water partition coefficient (Wildman–Crippen LogP) is 4.60. The summed E-state index contributed by atoms with van der Waals surface area (Å²) in [5.41, 5.74) is 0.382. The minimum atomic E-state index is -4.03. The van der Waals surface area contributed by atoms with E-state index in [0.29, 0.717) is 33.3 Å². The van der Waals surface area contributed by atoms with Gasteiger partial charge in [0.15, 0.2) is 0 Å². The molecule has 3 rings (SSSR count). The zero-order chi connectivity index (χ0) is 23.3. The first-order valence-corrected chi connectivity index (χ1v) is 12.4. The topological polar surface area (TPSA) is 114 Å². The van der Waals surface area contributed by atoms with Crippen LogP contribution in [0.1, 0.15) is 29.4 Å². The lowest BCUT2D eigenvalue weighted by atomic mass is 10.2. The third kappa shape index (κ3) is 5.50. The molecule has 0 spiro atoms. The zero-order valence-electron chi connectivity index (χ0n) is 17.4. The highest BCUT2D eigenvalue weighted by Crippen LogP contribution is 2.37. The number of halogens is 1. The largest absolute Gasteiger partial charge is 0.497 e. The Kier molecular flexibility index (Phi) is 7.60. The van der Waals surface area contributed by atoms with Gasteiger partial charge in [0.1, 0.15) is 10.6 Å². The number of fused-ring (bicyclic) bond motifs is 1. The fourth-order valence-corrected chi connectivity index (χ4v) is 5.13. The van der Waals surface area contributed by atoms with Crippen molar-refractivity contribution in [2.75, 3.05) is 19.0 Å². The molecule has 3 aromatic rings. The van der Waals surface area contributed by atoms with Crippen LogP contribution >= 0.6 is 22.9 Å². The number of unbranched alkanes of at least 4 members (excludes halogenated alkanes) is 1. The van der Waals surface area contributed by atoms with Gasteiger partial charge < -0.3 is 15.4 Å². The predicted molar refractivity (Wildman–Crippen MR) is 126 cm³/mol. The van der Waals surface area contributed by atoms with Gasteiger partial charge in [-0.25, -0.2) is 17.9 Å². The maximum Gasteiger partial charge on any atom is 0.328 e. The minimum Gasteiger partial charge on any atom is -0.497 e. The van der Waals surface area contributed by atoms with Crippen LogP contribution in [0, 0.1) is 0 Å². The Bertz CT molecular complexity index is 1240. The smallest absolute Gasteiger partial charge is 0.328 e. The molecule has 0 bridgehead atoms. The van der Waals surface area contributed by atoms with E-state index >= 15 is 0 Å². The summed E-state index contributed by atoms with van der Waals surface area (Å²) in [5, 5.41) is 6.22. The molecule has 3 amide bonds. The normalized spacial score (nSPS) is 11.2. The fourth-order valence-electron chi connectivity index (χ4n) is 2.82. The highest BCUT2D eigenvalue weighted by atomic mass is 35.5. The van der Waals surface area contributed by atoms with Gasteiger partial charge >= 0.3 is 6.03 Å². The molecule has 0 radical (unpaired) electrons. The second-order valence-corrected chi connectivity index (χ2v) is 9.91. The number of ether oxygens (including phenoxy) is 1. The molecule has 0 atom stereocenters. The summed E-state index contributed by atoms with van der Waals surface area (Å²) in [4.78, 5) is 24.7. The number of sulfonamides is 1. The van der Waals surface area contributed by atoms with E-state index in [9.17, 15) is 18.0 Å². The fraction of sp³-hybridized carbons (Fsp3) is 0.238. The van der Waals surface area contributed by atoms with Crippen molar-refractivity contribution in [3.63, 3.8) is 0 Å². The molecule has 1 aromatic heterocycles. The van der Waals surface area contributed by atoms with Crippen LogP contribution in [-0.2, 0) is 10.0 Å². The van der Waals surface area contributed by atoms with E-state index in [1.165, 1.54) is 35.6 Å². The number of amides is 3. The summed E-state index contributed by atoms with van der Waals surface area (Å²) < 4.78 is 32.7. The van der Waals surface area contributed by atoms with Crippen LogP contribution < -0.4 is 20.1 Å². The van der Waals surface area contributed by atoms with Crippen LogP contribution in [0.4, 0.5) is 10.5 Å². The van der Waals surface area contributed by atoms with Crippen molar-refractivity contribution >= 4 is 60.7 Å². The van der Waals surface area contributed by atoms with E-state index in [4.69, 9.17) is 16.3 Å². The Morgan fingerprint density at radius 3 is 2.50 bits per heavy atom. The van der Waals surface area contributed by atoms with Crippen LogP contribution in [0.2, 0.25) is 5.02 Å². The van der Waals surface area contributed by atoms with Crippen LogP contribution in [0.5, 0.6) is 5.75 Å². The number of benzene rings is 2. The first-order chi connectivity index (χ1) is 15.2. The van der Waals surface area contributed by atoms with Crippen molar-refractivity contribution in [1.29, 1.82) is 0 Å². The molecule has 0 saturated heterocycles. The van der Waals surface area contributed by atoms with Gasteiger partial charge in [-0.2, -0.15) is 0 Å². The molecular weight excluding hydrogens is 474 g/mol. The Hall–Kier alpha value is -2.82. The molecule has 32 heavy (non-hydrogen) atoms. The number of thiophene rings is 1. The van der Waals surface area contributed by atoms with Gasteiger partial charge in [0.05, 0.1) is 17.0 Å². The monoisotopic (exact) mass is 495 g/mol. The molecule has 11 heteroatoms. The van der Waals surface area contributed by atoms with Gasteiger partial charge in [0.2, 0.25) is 0 Å². The average molecular weight is 496 g/mol. The number of methoxy groups -OCH3 is 1. The lowest BCUT2D eigenvalue weighted by molar-refractivity contribution is 0.103. The van der Waals surface area contributed by atoms with E-state index in [-0.39, 0.29) is 4.90 Å². The first-order valence-electron chi connectivity index (χ1n) is 9.73. The quantitative estimate of drug-likeness (QED) is 0.395. The second kappa shape index (κ2) is 10.2.